The first-order valence-corrected chi connectivity index (χ1v) is 8.58. The molecule has 0 amide bonds. The minimum absolute atomic E-state index is 0.186. The highest BCUT2D eigenvalue weighted by atomic mass is 32.1. The molecule has 1 unspecified atom stereocenters. The lowest BCUT2D eigenvalue weighted by Crippen LogP contribution is -2.18. The van der Waals surface area contributed by atoms with Crippen molar-refractivity contribution in [3.63, 3.8) is 0 Å². The highest BCUT2D eigenvalue weighted by molar-refractivity contribution is 7.27. The van der Waals surface area contributed by atoms with Crippen LogP contribution >= 0.6 is 22.7 Å². The van der Waals surface area contributed by atoms with Crippen molar-refractivity contribution in [2.75, 3.05) is 20.3 Å². The molecule has 0 radical (unpaired) electrons. The third kappa shape index (κ3) is 2.31. The zero-order valence-electron chi connectivity index (χ0n) is 11.6. The molecule has 3 aromatic rings. The Hall–Kier alpha value is -1.56. The Balaban J connectivity index is 1.73. The Morgan fingerprint density at radius 1 is 1.05 bits per heavy atom. The van der Waals surface area contributed by atoms with Crippen molar-refractivity contribution < 1.29 is 9.47 Å². The van der Waals surface area contributed by atoms with E-state index in [1.54, 1.807) is 11.3 Å². The van der Waals surface area contributed by atoms with Crippen molar-refractivity contribution in [2.24, 2.45) is 0 Å². The fourth-order valence-electron chi connectivity index (χ4n) is 2.64. The fourth-order valence-corrected chi connectivity index (χ4v) is 4.90. The zero-order chi connectivity index (χ0) is 14.2. The summed E-state index contributed by atoms with van der Waals surface area (Å²) < 4.78 is 14.0. The van der Waals surface area contributed by atoms with E-state index in [1.165, 1.54) is 19.8 Å². The van der Waals surface area contributed by atoms with Gasteiger partial charge in [-0.05, 0) is 42.3 Å². The summed E-state index contributed by atoms with van der Waals surface area (Å²) in [5.74, 6) is 1.68. The smallest absolute Gasteiger partial charge is 0.161 e. The molecule has 21 heavy (non-hydrogen) atoms. The van der Waals surface area contributed by atoms with Gasteiger partial charge in [-0.3, -0.25) is 0 Å². The van der Waals surface area contributed by atoms with Gasteiger partial charge in [-0.25, -0.2) is 0 Å². The summed E-state index contributed by atoms with van der Waals surface area (Å²) >= 11 is 3.64. The molecule has 108 valence electrons. The van der Waals surface area contributed by atoms with Gasteiger partial charge in [-0.15, -0.1) is 22.7 Å². The Kier molecular flexibility index (Phi) is 3.33. The van der Waals surface area contributed by atoms with E-state index in [-0.39, 0.29) is 6.04 Å². The highest BCUT2D eigenvalue weighted by Crippen LogP contribution is 2.38. The van der Waals surface area contributed by atoms with Crippen LogP contribution in [-0.2, 0) is 0 Å². The van der Waals surface area contributed by atoms with Crippen LogP contribution in [0.15, 0.2) is 35.7 Å². The van der Waals surface area contributed by atoms with Gasteiger partial charge in [0.1, 0.15) is 13.2 Å². The van der Waals surface area contributed by atoms with E-state index >= 15 is 0 Å². The molecular formula is C16H15NO2S2. The minimum Gasteiger partial charge on any atom is -0.486 e. The van der Waals surface area contributed by atoms with Crippen LogP contribution in [0.5, 0.6) is 11.5 Å². The second-order valence-corrected chi connectivity index (χ2v) is 6.99. The summed E-state index contributed by atoms with van der Waals surface area (Å²) in [5.41, 5.74) is 1.20. The van der Waals surface area contributed by atoms with E-state index in [0.29, 0.717) is 13.2 Å². The summed E-state index contributed by atoms with van der Waals surface area (Å²) in [6, 6.07) is 10.9. The largest absolute Gasteiger partial charge is 0.486 e. The number of benzene rings is 1. The number of fused-ring (bicyclic) bond motifs is 2. The van der Waals surface area contributed by atoms with Crippen molar-refractivity contribution >= 4 is 32.1 Å². The van der Waals surface area contributed by atoms with Crippen molar-refractivity contribution in [1.82, 2.24) is 5.32 Å². The van der Waals surface area contributed by atoms with Crippen LogP contribution in [0.3, 0.4) is 0 Å². The fraction of sp³-hybridized carbons (Fsp3) is 0.250. The van der Waals surface area contributed by atoms with Gasteiger partial charge in [0.15, 0.2) is 11.5 Å². The molecule has 1 aliphatic rings. The summed E-state index contributed by atoms with van der Waals surface area (Å²) in [4.78, 5) is 1.33. The van der Waals surface area contributed by atoms with Crippen LogP contribution in [-0.4, -0.2) is 20.3 Å². The second-order valence-electron chi connectivity index (χ2n) is 4.92. The second kappa shape index (κ2) is 5.33. The lowest BCUT2D eigenvalue weighted by atomic mass is 10.0. The van der Waals surface area contributed by atoms with E-state index in [1.807, 2.05) is 24.5 Å². The van der Waals surface area contributed by atoms with Gasteiger partial charge >= 0.3 is 0 Å². The maximum Gasteiger partial charge on any atom is 0.161 e. The first-order chi connectivity index (χ1) is 10.3. The number of rotatable bonds is 3. The molecule has 0 aliphatic carbocycles. The Bertz CT molecular complexity index is 749. The molecule has 1 N–H and O–H groups in total. The lowest BCUT2D eigenvalue weighted by Gasteiger charge is -2.21. The number of ether oxygens (including phenoxy) is 2. The maximum atomic E-state index is 5.69. The number of nitrogens with one attached hydrogen (secondary N) is 1. The topological polar surface area (TPSA) is 30.5 Å². The van der Waals surface area contributed by atoms with E-state index < -0.39 is 0 Å². The average Bonchev–Trinajstić information content (AvgIpc) is 3.09. The first-order valence-electron chi connectivity index (χ1n) is 6.89. The van der Waals surface area contributed by atoms with Crippen LogP contribution in [0.4, 0.5) is 0 Å². The molecule has 0 fully saturated rings. The maximum absolute atomic E-state index is 5.69. The quantitative estimate of drug-likeness (QED) is 0.791. The van der Waals surface area contributed by atoms with E-state index in [4.69, 9.17) is 9.47 Å². The van der Waals surface area contributed by atoms with Gasteiger partial charge in [-0.2, -0.15) is 0 Å². The number of hydrogen-bond donors (Lipinski definition) is 1. The third-order valence-corrected chi connectivity index (χ3v) is 5.79. The molecule has 0 bridgehead atoms. The van der Waals surface area contributed by atoms with Gasteiger partial charge in [0, 0.05) is 14.3 Å². The summed E-state index contributed by atoms with van der Waals surface area (Å²) in [7, 11) is 2.00. The molecule has 1 aliphatic heterocycles. The Labute approximate surface area is 131 Å². The van der Waals surface area contributed by atoms with E-state index in [0.717, 1.165) is 11.5 Å². The van der Waals surface area contributed by atoms with Crippen LogP contribution in [0.2, 0.25) is 0 Å². The lowest BCUT2D eigenvalue weighted by molar-refractivity contribution is 0.171. The molecule has 0 saturated heterocycles. The summed E-state index contributed by atoms with van der Waals surface area (Å²) in [5, 5.41) is 5.55. The molecule has 3 heterocycles. The zero-order valence-corrected chi connectivity index (χ0v) is 13.2. The monoisotopic (exact) mass is 317 g/mol. The van der Waals surface area contributed by atoms with Crippen LogP contribution < -0.4 is 14.8 Å². The average molecular weight is 317 g/mol. The van der Waals surface area contributed by atoms with Crippen molar-refractivity contribution in [2.45, 2.75) is 6.04 Å². The van der Waals surface area contributed by atoms with Crippen molar-refractivity contribution in [3.05, 3.63) is 46.2 Å². The normalized spacial score (nSPS) is 15.3. The van der Waals surface area contributed by atoms with Gasteiger partial charge in [-0.1, -0.05) is 6.07 Å². The number of hydrogen-bond acceptors (Lipinski definition) is 5. The predicted molar refractivity (Wildman–Crippen MR) is 88.0 cm³/mol. The number of thiophene rings is 2. The summed E-state index contributed by atoms with van der Waals surface area (Å²) in [6.45, 7) is 1.25. The van der Waals surface area contributed by atoms with Crippen LogP contribution in [0, 0.1) is 0 Å². The standard InChI is InChI=1S/C16H15NO2S2/c1-17-16(15-9-14-13(21-15)4-7-20-14)10-2-3-11-12(8-10)19-6-5-18-11/h2-4,7-9,16-17H,5-6H2,1H3. The molecule has 2 aromatic heterocycles. The molecule has 1 atom stereocenters. The molecule has 1 aromatic carbocycles. The minimum atomic E-state index is 0.186. The predicted octanol–water partition coefficient (Wildman–Crippen LogP) is 4.04. The molecule has 0 saturated carbocycles. The van der Waals surface area contributed by atoms with Gasteiger partial charge in [0.2, 0.25) is 0 Å². The first kappa shape index (κ1) is 13.1. The van der Waals surface area contributed by atoms with Crippen molar-refractivity contribution in [3.8, 4) is 11.5 Å². The summed E-state index contributed by atoms with van der Waals surface area (Å²) in [6.07, 6.45) is 0. The molecule has 5 heteroatoms. The van der Waals surface area contributed by atoms with Crippen molar-refractivity contribution in [1.29, 1.82) is 0 Å². The van der Waals surface area contributed by atoms with Gasteiger partial charge in [0.25, 0.3) is 0 Å². The van der Waals surface area contributed by atoms with Crippen LogP contribution in [0.1, 0.15) is 16.5 Å². The molecular weight excluding hydrogens is 302 g/mol. The van der Waals surface area contributed by atoms with E-state index in [2.05, 4.69) is 35.0 Å². The van der Waals surface area contributed by atoms with E-state index in [9.17, 15) is 0 Å². The molecule has 3 nitrogen and oxygen atoms in total. The highest BCUT2D eigenvalue weighted by Gasteiger charge is 2.19. The Morgan fingerprint density at radius 2 is 1.90 bits per heavy atom. The van der Waals surface area contributed by atoms with Gasteiger partial charge in [0.05, 0.1) is 6.04 Å². The Morgan fingerprint density at radius 3 is 2.71 bits per heavy atom. The molecule has 0 spiro atoms. The third-order valence-electron chi connectivity index (χ3n) is 3.63. The molecule has 4 rings (SSSR count). The van der Waals surface area contributed by atoms with Crippen LogP contribution in [0.25, 0.3) is 9.40 Å². The SMILES string of the molecule is CNC(c1ccc2c(c1)OCCO2)c1cc2sccc2s1. The van der Waals surface area contributed by atoms with Gasteiger partial charge < -0.3 is 14.8 Å².